The van der Waals surface area contributed by atoms with Gasteiger partial charge in [-0.1, -0.05) is 24.3 Å². The second kappa shape index (κ2) is 12.1. The van der Waals surface area contributed by atoms with Gasteiger partial charge in [0.25, 0.3) is 11.8 Å². The molecule has 0 unspecified atom stereocenters. The number of carbonyl (C=O) groups is 2. The average Bonchev–Trinajstić information content (AvgIpc) is 2.96. The van der Waals surface area contributed by atoms with Crippen molar-refractivity contribution in [2.24, 2.45) is 9.98 Å². The summed E-state index contributed by atoms with van der Waals surface area (Å²) in [7, 11) is 3.17. The zero-order valence-corrected chi connectivity index (χ0v) is 20.6. The third-order valence-electron chi connectivity index (χ3n) is 5.64. The molecular formula is C29H26N6O2. The molecule has 2 aromatic carbocycles. The maximum Gasteiger partial charge on any atom is 0.253 e. The van der Waals surface area contributed by atoms with Crippen LogP contribution in [0.15, 0.2) is 95.4 Å². The zero-order chi connectivity index (χ0) is 26.0. The molecule has 0 aliphatic carbocycles. The van der Waals surface area contributed by atoms with Crippen molar-refractivity contribution in [2.45, 2.75) is 6.42 Å². The van der Waals surface area contributed by atoms with E-state index in [4.69, 9.17) is 0 Å². The van der Waals surface area contributed by atoms with Gasteiger partial charge in [-0.15, -0.1) is 0 Å². The maximum absolute atomic E-state index is 12.0. The second-order valence-corrected chi connectivity index (χ2v) is 8.11. The van der Waals surface area contributed by atoms with Crippen LogP contribution in [-0.2, 0) is 6.42 Å². The monoisotopic (exact) mass is 490 g/mol. The molecule has 0 bridgehead atoms. The molecule has 2 heterocycles. The summed E-state index contributed by atoms with van der Waals surface area (Å²) in [6.45, 7) is 0. The van der Waals surface area contributed by atoms with Crippen molar-refractivity contribution in [3.05, 3.63) is 119 Å². The number of nitrogens with one attached hydrogen (secondary N) is 2. The summed E-state index contributed by atoms with van der Waals surface area (Å²) in [6, 6.07) is 19.5. The van der Waals surface area contributed by atoms with Crippen molar-refractivity contribution in [3.63, 3.8) is 0 Å². The standard InChI is InChI=1S/C29H26N6O2/c1-30-28(36)26-18-32-13-11-22(26)16-34-24-7-3-20(4-8-24)15-21-5-9-25(10-6-21)35-17-23-12-14-33-19-27(23)29(37)31-2/h3-14,16-19H,15H2,1-2H3,(H,30,36)(H,31,37). The summed E-state index contributed by atoms with van der Waals surface area (Å²) in [5, 5.41) is 5.22. The molecule has 0 radical (unpaired) electrons. The summed E-state index contributed by atoms with van der Waals surface area (Å²) >= 11 is 0. The fourth-order valence-corrected chi connectivity index (χ4v) is 3.61. The van der Waals surface area contributed by atoms with Gasteiger partial charge in [-0.3, -0.25) is 29.5 Å². The Morgan fingerprint density at radius 3 is 1.46 bits per heavy atom. The van der Waals surface area contributed by atoms with Crippen LogP contribution in [0.3, 0.4) is 0 Å². The lowest BCUT2D eigenvalue weighted by Crippen LogP contribution is -2.19. The minimum atomic E-state index is -0.201. The molecular weight excluding hydrogens is 464 g/mol. The van der Waals surface area contributed by atoms with Crippen LogP contribution >= 0.6 is 0 Å². The van der Waals surface area contributed by atoms with E-state index in [1.54, 1.807) is 51.1 Å². The fraction of sp³-hybridized carbons (Fsp3) is 0.103. The molecule has 37 heavy (non-hydrogen) atoms. The predicted octanol–water partition coefficient (Wildman–Crippen LogP) is 4.29. The van der Waals surface area contributed by atoms with Crippen molar-refractivity contribution in [1.29, 1.82) is 0 Å². The van der Waals surface area contributed by atoms with Crippen molar-refractivity contribution < 1.29 is 9.59 Å². The summed E-state index contributed by atoms with van der Waals surface area (Å²) in [5.74, 6) is -0.403. The number of hydrogen-bond acceptors (Lipinski definition) is 6. The van der Waals surface area contributed by atoms with Crippen molar-refractivity contribution in [1.82, 2.24) is 20.6 Å². The van der Waals surface area contributed by atoms with Crippen LogP contribution in [0.4, 0.5) is 11.4 Å². The Hall–Kier alpha value is -4.98. The van der Waals surface area contributed by atoms with E-state index in [0.717, 1.165) is 28.9 Å². The Labute approximate surface area is 215 Å². The smallest absolute Gasteiger partial charge is 0.253 e. The van der Waals surface area contributed by atoms with E-state index in [9.17, 15) is 9.59 Å². The molecule has 0 aliphatic rings. The number of hydrogen-bond donors (Lipinski definition) is 2. The van der Waals surface area contributed by atoms with Crippen molar-refractivity contribution in [3.8, 4) is 0 Å². The summed E-state index contributed by atoms with van der Waals surface area (Å²) in [5.41, 5.74) is 6.25. The minimum Gasteiger partial charge on any atom is -0.355 e. The zero-order valence-electron chi connectivity index (χ0n) is 20.6. The highest BCUT2D eigenvalue weighted by molar-refractivity contribution is 6.03. The van der Waals surface area contributed by atoms with Crippen LogP contribution in [-0.4, -0.2) is 48.3 Å². The molecule has 0 saturated heterocycles. The Kier molecular flexibility index (Phi) is 8.23. The van der Waals surface area contributed by atoms with Gasteiger partial charge in [-0.25, -0.2) is 0 Å². The van der Waals surface area contributed by atoms with Gasteiger partial charge < -0.3 is 10.6 Å². The Bertz CT molecular complexity index is 1330. The Morgan fingerprint density at radius 1 is 0.676 bits per heavy atom. The van der Waals surface area contributed by atoms with Gasteiger partial charge in [0, 0.05) is 62.4 Å². The average molecular weight is 491 g/mol. The molecule has 184 valence electrons. The van der Waals surface area contributed by atoms with Gasteiger partial charge in [-0.2, -0.15) is 0 Å². The summed E-state index contributed by atoms with van der Waals surface area (Å²) in [6.07, 6.45) is 10.4. The minimum absolute atomic E-state index is 0.201. The molecule has 8 heteroatoms. The number of carbonyl (C=O) groups excluding carboxylic acids is 2. The molecule has 4 rings (SSSR count). The number of amides is 2. The van der Waals surface area contributed by atoms with Gasteiger partial charge in [-0.05, 0) is 53.9 Å². The second-order valence-electron chi connectivity index (χ2n) is 8.11. The van der Waals surface area contributed by atoms with Crippen molar-refractivity contribution in [2.75, 3.05) is 14.1 Å². The van der Waals surface area contributed by atoms with Gasteiger partial charge >= 0.3 is 0 Å². The van der Waals surface area contributed by atoms with E-state index in [1.807, 2.05) is 48.5 Å². The molecule has 0 spiro atoms. The first-order chi connectivity index (χ1) is 18.1. The van der Waals surface area contributed by atoms with Crippen LogP contribution in [0.1, 0.15) is 43.0 Å². The van der Waals surface area contributed by atoms with Crippen LogP contribution in [0.2, 0.25) is 0 Å². The number of rotatable bonds is 8. The van der Waals surface area contributed by atoms with Gasteiger partial charge in [0.2, 0.25) is 0 Å². The molecule has 2 N–H and O–H groups in total. The Balaban J connectivity index is 1.40. The lowest BCUT2D eigenvalue weighted by Gasteiger charge is -2.05. The maximum atomic E-state index is 12.0. The van der Waals surface area contributed by atoms with Gasteiger partial charge in [0.1, 0.15) is 0 Å². The highest BCUT2D eigenvalue weighted by Crippen LogP contribution is 2.19. The summed E-state index contributed by atoms with van der Waals surface area (Å²) in [4.78, 5) is 41.0. The highest BCUT2D eigenvalue weighted by Gasteiger charge is 2.09. The third-order valence-corrected chi connectivity index (χ3v) is 5.64. The first-order valence-electron chi connectivity index (χ1n) is 11.7. The predicted molar refractivity (Wildman–Crippen MR) is 145 cm³/mol. The topological polar surface area (TPSA) is 109 Å². The number of pyridine rings is 2. The lowest BCUT2D eigenvalue weighted by atomic mass is 10.0. The van der Waals surface area contributed by atoms with Gasteiger partial charge in [0.15, 0.2) is 0 Å². The van der Waals surface area contributed by atoms with E-state index in [-0.39, 0.29) is 11.8 Å². The SMILES string of the molecule is CNC(=O)c1cnccc1C=Nc1ccc(Cc2ccc(N=Cc3ccncc3C(=O)NC)cc2)cc1. The fourth-order valence-electron chi connectivity index (χ4n) is 3.61. The highest BCUT2D eigenvalue weighted by atomic mass is 16.2. The van der Waals surface area contributed by atoms with Gasteiger partial charge in [0.05, 0.1) is 22.5 Å². The van der Waals surface area contributed by atoms with Crippen LogP contribution in [0, 0.1) is 0 Å². The number of nitrogens with zero attached hydrogens (tertiary/aromatic N) is 4. The van der Waals surface area contributed by atoms with Crippen LogP contribution < -0.4 is 10.6 Å². The number of aromatic nitrogens is 2. The van der Waals surface area contributed by atoms with Crippen molar-refractivity contribution >= 4 is 35.6 Å². The molecule has 8 nitrogen and oxygen atoms in total. The van der Waals surface area contributed by atoms with E-state index in [0.29, 0.717) is 22.3 Å². The molecule has 4 aromatic rings. The lowest BCUT2D eigenvalue weighted by molar-refractivity contribution is 0.0954. The van der Waals surface area contributed by atoms with Crippen LogP contribution in [0.25, 0.3) is 0 Å². The molecule has 0 fully saturated rings. The molecule has 0 saturated carbocycles. The van der Waals surface area contributed by atoms with Crippen LogP contribution in [0.5, 0.6) is 0 Å². The Morgan fingerprint density at radius 2 is 1.08 bits per heavy atom. The molecule has 2 amide bonds. The quantitative estimate of drug-likeness (QED) is 0.359. The first-order valence-corrected chi connectivity index (χ1v) is 11.7. The molecule has 0 atom stereocenters. The largest absolute Gasteiger partial charge is 0.355 e. The molecule has 0 aliphatic heterocycles. The third kappa shape index (κ3) is 6.58. The number of aliphatic imine (C=N–C) groups is 2. The van der Waals surface area contributed by atoms with E-state index < -0.39 is 0 Å². The van der Waals surface area contributed by atoms with E-state index in [2.05, 4.69) is 30.6 Å². The normalized spacial score (nSPS) is 11.1. The van der Waals surface area contributed by atoms with E-state index >= 15 is 0 Å². The van der Waals surface area contributed by atoms with E-state index in [1.165, 1.54) is 12.4 Å². The molecule has 2 aromatic heterocycles. The first kappa shape index (κ1) is 25.1. The number of benzene rings is 2. The summed E-state index contributed by atoms with van der Waals surface area (Å²) < 4.78 is 0.